The van der Waals surface area contributed by atoms with E-state index in [-0.39, 0.29) is 4.90 Å². The lowest BCUT2D eigenvalue weighted by Crippen LogP contribution is -2.14. The highest BCUT2D eigenvalue weighted by molar-refractivity contribution is 8.05. The van der Waals surface area contributed by atoms with Gasteiger partial charge in [-0.15, -0.1) is 0 Å². The third kappa shape index (κ3) is 1.86. The van der Waals surface area contributed by atoms with Crippen LogP contribution in [0.1, 0.15) is 0 Å². The van der Waals surface area contributed by atoms with E-state index in [0.29, 0.717) is 0 Å². The number of ether oxygens (including phenoxy) is 1. The van der Waals surface area contributed by atoms with Gasteiger partial charge < -0.3 is 4.74 Å². The van der Waals surface area contributed by atoms with E-state index in [1.807, 2.05) is 0 Å². The molecule has 0 heterocycles. The van der Waals surface area contributed by atoms with E-state index in [9.17, 15) is 13.2 Å². The minimum absolute atomic E-state index is 0.0538. The van der Waals surface area contributed by atoms with E-state index in [0.717, 1.165) is 7.11 Å². The molecule has 0 bridgehead atoms. The largest absolute Gasteiger partial charge is 0.457 e. The van der Waals surface area contributed by atoms with Crippen molar-refractivity contribution in [1.82, 2.24) is 0 Å². The van der Waals surface area contributed by atoms with Crippen LogP contribution in [0.15, 0.2) is 35.2 Å². The minimum Gasteiger partial charge on any atom is -0.457 e. The zero-order valence-electron chi connectivity index (χ0n) is 6.93. The third-order valence-electron chi connectivity index (χ3n) is 1.44. The fourth-order valence-electron chi connectivity index (χ4n) is 0.806. The molecular formula is C8H8O4S. The number of carbonyl (C=O) groups excluding carboxylic acids is 1. The van der Waals surface area contributed by atoms with Crippen molar-refractivity contribution in [3.63, 3.8) is 0 Å². The topological polar surface area (TPSA) is 60.4 Å². The molecule has 0 aliphatic heterocycles. The molecule has 5 heteroatoms. The zero-order chi connectivity index (χ0) is 9.90. The highest BCUT2D eigenvalue weighted by Gasteiger charge is 2.24. The summed E-state index contributed by atoms with van der Waals surface area (Å²) in [6, 6.07) is 7.42. The van der Waals surface area contributed by atoms with Gasteiger partial charge in [-0.3, -0.25) is 0 Å². The molecule has 70 valence electrons. The van der Waals surface area contributed by atoms with Gasteiger partial charge in [-0.05, 0) is 12.1 Å². The molecule has 0 unspecified atom stereocenters. The number of hydrogen-bond acceptors (Lipinski definition) is 4. The van der Waals surface area contributed by atoms with Gasteiger partial charge in [-0.2, -0.15) is 0 Å². The van der Waals surface area contributed by atoms with E-state index in [1.54, 1.807) is 6.07 Å². The van der Waals surface area contributed by atoms with Crippen molar-refractivity contribution < 1.29 is 17.9 Å². The molecule has 1 aromatic rings. The van der Waals surface area contributed by atoms with Crippen LogP contribution in [-0.2, 0) is 14.6 Å². The molecule has 0 amide bonds. The Morgan fingerprint density at radius 1 is 1.23 bits per heavy atom. The highest BCUT2D eigenvalue weighted by atomic mass is 32.2. The fraction of sp³-hybridized carbons (Fsp3) is 0.125. The van der Waals surface area contributed by atoms with Crippen molar-refractivity contribution in [2.75, 3.05) is 7.11 Å². The van der Waals surface area contributed by atoms with Crippen molar-refractivity contribution in [3.8, 4) is 0 Å². The Kier molecular flexibility index (Phi) is 2.67. The molecule has 0 N–H and O–H groups in total. The lowest BCUT2D eigenvalue weighted by molar-refractivity contribution is 0.197. The number of hydrogen-bond donors (Lipinski definition) is 0. The number of carbonyl (C=O) groups is 1. The molecule has 0 atom stereocenters. The fourth-order valence-corrected chi connectivity index (χ4v) is 1.73. The predicted octanol–water partition coefficient (Wildman–Crippen LogP) is 1.23. The molecule has 1 rings (SSSR count). The molecule has 0 aliphatic carbocycles. The molecule has 13 heavy (non-hydrogen) atoms. The van der Waals surface area contributed by atoms with Gasteiger partial charge in [0.15, 0.2) is 0 Å². The molecule has 0 radical (unpaired) electrons. The van der Waals surface area contributed by atoms with Crippen molar-refractivity contribution in [3.05, 3.63) is 30.3 Å². The second-order valence-electron chi connectivity index (χ2n) is 2.27. The van der Waals surface area contributed by atoms with Gasteiger partial charge in [0.2, 0.25) is 0 Å². The van der Waals surface area contributed by atoms with Gasteiger partial charge in [-0.1, -0.05) is 18.2 Å². The lowest BCUT2D eigenvalue weighted by atomic mass is 10.4. The smallest absolute Gasteiger partial charge is 0.429 e. The van der Waals surface area contributed by atoms with Gasteiger partial charge in [0, 0.05) is 0 Å². The molecule has 0 fully saturated rings. The van der Waals surface area contributed by atoms with Crippen LogP contribution in [0.2, 0.25) is 0 Å². The first-order chi connectivity index (χ1) is 6.09. The lowest BCUT2D eigenvalue weighted by Gasteiger charge is -2.00. The third-order valence-corrected chi connectivity index (χ3v) is 2.94. The monoisotopic (exact) mass is 200 g/mol. The molecule has 0 spiro atoms. The highest BCUT2D eigenvalue weighted by Crippen LogP contribution is 2.11. The summed E-state index contributed by atoms with van der Waals surface area (Å²) in [4.78, 5) is 10.8. The maximum Gasteiger partial charge on any atom is 0.429 e. The first kappa shape index (κ1) is 9.73. The van der Waals surface area contributed by atoms with Crippen molar-refractivity contribution in [2.45, 2.75) is 4.90 Å². The van der Waals surface area contributed by atoms with Crippen LogP contribution >= 0.6 is 0 Å². The van der Waals surface area contributed by atoms with Crippen LogP contribution in [0.4, 0.5) is 4.79 Å². The molecular weight excluding hydrogens is 192 g/mol. The van der Waals surface area contributed by atoms with Gasteiger partial charge in [0.1, 0.15) is 0 Å². The van der Waals surface area contributed by atoms with E-state index in [1.165, 1.54) is 24.3 Å². The number of benzene rings is 1. The Balaban J connectivity index is 3.17. The maximum atomic E-state index is 11.3. The van der Waals surface area contributed by atoms with Crippen molar-refractivity contribution in [2.24, 2.45) is 0 Å². The maximum absolute atomic E-state index is 11.3. The number of rotatable bonds is 1. The van der Waals surface area contributed by atoms with Crippen molar-refractivity contribution >= 4 is 15.1 Å². The Morgan fingerprint density at radius 3 is 2.23 bits per heavy atom. The van der Waals surface area contributed by atoms with Gasteiger partial charge in [0.25, 0.3) is 9.84 Å². The number of methoxy groups -OCH3 is 1. The Labute approximate surface area is 76.1 Å². The second kappa shape index (κ2) is 3.57. The van der Waals surface area contributed by atoms with Gasteiger partial charge >= 0.3 is 5.30 Å². The summed E-state index contributed by atoms with van der Waals surface area (Å²) in [5, 5.41) is -1.24. The van der Waals surface area contributed by atoms with Crippen LogP contribution in [0, 0.1) is 0 Å². The molecule has 4 nitrogen and oxygen atoms in total. The summed E-state index contributed by atoms with van der Waals surface area (Å²) in [5.41, 5.74) is 0. The van der Waals surface area contributed by atoms with E-state index < -0.39 is 15.1 Å². The average molecular weight is 200 g/mol. The molecule has 0 aromatic heterocycles. The van der Waals surface area contributed by atoms with Crippen LogP contribution < -0.4 is 0 Å². The quantitative estimate of drug-likeness (QED) is 0.639. The predicted molar refractivity (Wildman–Crippen MR) is 46.0 cm³/mol. The Morgan fingerprint density at radius 2 is 1.77 bits per heavy atom. The molecule has 1 aromatic carbocycles. The number of sulfone groups is 1. The van der Waals surface area contributed by atoms with Crippen LogP contribution in [0.25, 0.3) is 0 Å². The Bertz CT molecular complexity index is 393. The van der Waals surface area contributed by atoms with Crippen LogP contribution in [-0.4, -0.2) is 20.8 Å². The normalized spacial score (nSPS) is 10.8. The SMILES string of the molecule is COC(=O)S(=O)(=O)c1ccccc1. The zero-order valence-corrected chi connectivity index (χ0v) is 7.74. The summed E-state index contributed by atoms with van der Waals surface area (Å²) in [7, 11) is -2.92. The second-order valence-corrected chi connectivity index (χ2v) is 4.08. The van der Waals surface area contributed by atoms with E-state index in [2.05, 4.69) is 4.74 Å². The van der Waals surface area contributed by atoms with E-state index in [4.69, 9.17) is 0 Å². The minimum atomic E-state index is -3.95. The van der Waals surface area contributed by atoms with E-state index >= 15 is 0 Å². The summed E-state index contributed by atoms with van der Waals surface area (Å²) >= 11 is 0. The van der Waals surface area contributed by atoms with Crippen LogP contribution in [0.5, 0.6) is 0 Å². The molecule has 0 aliphatic rings. The molecule has 0 saturated carbocycles. The van der Waals surface area contributed by atoms with Gasteiger partial charge in [-0.25, -0.2) is 13.2 Å². The Hall–Kier alpha value is -1.36. The standard InChI is InChI=1S/C8H8O4S/c1-12-8(9)13(10,11)7-5-3-2-4-6-7/h2-6H,1H3. The van der Waals surface area contributed by atoms with Crippen LogP contribution in [0.3, 0.4) is 0 Å². The molecule has 0 saturated heterocycles. The average Bonchev–Trinajstić information content (AvgIpc) is 2.18. The summed E-state index contributed by atoms with van der Waals surface area (Å²) in [5.74, 6) is 0. The summed E-state index contributed by atoms with van der Waals surface area (Å²) in [6.07, 6.45) is 0. The van der Waals surface area contributed by atoms with Gasteiger partial charge in [0.05, 0.1) is 12.0 Å². The first-order valence-corrected chi connectivity index (χ1v) is 4.95. The van der Waals surface area contributed by atoms with Crippen molar-refractivity contribution in [1.29, 1.82) is 0 Å². The summed E-state index contributed by atoms with van der Waals surface area (Å²) in [6.45, 7) is 0. The first-order valence-electron chi connectivity index (χ1n) is 3.47. The summed E-state index contributed by atoms with van der Waals surface area (Å²) < 4.78 is 26.7.